The lowest BCUT2D eigenvalue weighted by atomic mass is 10.2. The fourth-order valence-electron chi connectivity index (χ4n) is 3.20. The zero-order valence-corrected chi connectivity index (χ0v) is 12.1. The molecule has 2 aliphatic rings. The molecule has 2 aliphatic heterocycles. The van der Waals surface area contributed by atoms with Gasteiger partial charge in [0, 0.05) is 57.2 Å². The molecular weight excluding hydrogens is 238 g/mol. The molecule has 0 radical (unpaired) electrons. The van der Waals surface area contributed by atoms with Crippen molar-refractivity contribution in [1.82, 2.24) is 24.7 Å². The van der Waals surface area contributed by atoms with Gasteiger partial charge in [-0.15, -0.1) is 0 Å². The SMILES string of the molecule is Cc1cnc(CN2CC[C@@H](N3CCN(C)CC3)C2)[nH]1. The van der Waals surface area contributed by atoms with Gasteiger partial charge in [-0.2, -0.15) is 0 Å². The van der Waals surface area contributed by atoms with Gasteiger partial charge in [0.25, 0.3) is 0 Å². The minimum Gasteiger partial charge on any atom is -0.345 e. The van der Waals surface area contributed by atoms with Crippen molar-refractivity contribution in [3.05, 3.63) is 17.7 Å². The van der Waals surface area contributed by atoms with Crippen LogP contribution in [-0.2, 0) is 6.54 Å². The van der Waals surface area contributed by atoms with Crippen LogP contribution in [0.1, 0.15) is 17.9 Å². The maximum atomic E-state index is 4.41. The lowest BCUT2D eigenvalue weighted by Gasteiger charge is -2.36. The van der Waals surface area contributed by atoms with Crippen molar-refractivity contribution in [2.24, 2.45) is 0 Å². The summed E-state index contributed by atoms with van der Waals surface area (Å²) in [5.74, 6) is 1.11. The zero-order chi connectivity index (χ0) is 13.2. The average molecular weight is 263 g/mol. The molecule has 1 N–H and O–H groups in total. The van der Waals surface area contributed by atoms with Gasteiger partial charge in [0.1, 0.15) is 5.82 Å². The van der Waals surface area contributed by atoms with E-state index < -0.39 is 0 Å². The Kier molecular flexibility index (Phi) is 3.86. The lowest BCUT2D eigenvalue weighted by molar-refractivity contribution is 0.112. The minimum absolute atomic E-state index is 0.754. The predicted octanol–water partition coefficient (Wildman–Crippen LogP) is 0.540. The van der Waals surface area contributed by atoms with E-state index in [0.29, 0.717) is 0 Å². The van der Waals surface area contributed by atoms with Gasteiger partial charge in [-0.05, 0) is 20.4 Å². The van der Waals surface area contributed by atoms with Crippen molar-refractivity contribution < 1.29 is 0 Å². The molecule has 1 aromatic rings. The molecule has 5 heteroatoms. The molecule has 2 fully saturated rings. The van der Waals surface area contributed by atoms with E-state index in [1.54, 1.807) is 0 Å². The van der Waals surface area contributed by atoms with Gasteiger partial charge in [-0.3, -0.25) is 9.80 Å². The number of nitrogens with zero attached hydrogens (tertiary/aromatic N) is 4. The van der Waals surface area contributed by atoms with Crippen molar-refractivity contribution in [2.45, 2.75) is 25.9 Å². The van der Waals surface area contributed by atoms with E-state index in [1.165, 1.54) is 45.7 Å². The molecule has 5 nitrogen and oxygen atoms in total. The van der Waals surface area contributed by atoms with E-state index in [2.05, 4.69) is 38.6 Å². The highest BCUT2D eigenvalue weighted by Crippen LogP contribution is 2.18. The van der Waals surface area contributed by atoms with Crippen LogP contribution in [0.4, 0.5) is 0 Å². The maximum Gasteiger partial charge on any atom is 0.120 e. The minimum atomic E-state index is 0.754. The summed E-state index contributed by atoms with van der Waals surface area (Å²) in [6.07, 6.45) is 3.23. The molecular formula is C14H25N5. The molecule has 0 amide bonds. The number of hydrogen-bond acceptors (Lipinski definition) is 4. The quantitative estimate of drug-likeness (QED) is 0.864. The largest absolute Gasteiger partial charge is 0.345 e. The van der Waals surface area contributed by atoms with Crippen molar-refractivity contribution >= 4 is 0 Å². The smallest absolute Gasteiger partial charge is 0.120 e. The van der Waals surface area contributed by atoms with Crippen molar-refractivity contribution in [2.75, 3.05) is 46.3 Å². The number of likely N-dealkylation sites (tertiary alicyclic amines) is 1. The topological polar surface area (TPSA) is 38.4 Å². The number of aromatic amines is 1. The van der Waals surface area contributed by atoms with Crippen LogP contribution < -0.4 is 0 Å². The Hall–Kier alpha value is -0.910. The standard InChI is InChI=1S/C14H25N5/c1-12-9-15-14(16-12)11-18-4-3-13(10-18)19-7-5-17(2)6-8-19/h9,13H,3-8,10-11H2,1-2H3,(H,15,16)/t13-/m1/s1. The molecule has 0 spiro atoms. The molecule has 19 heavy (non-hydrogen) atoms. The van der Waals surface area contributed by atoms with Gasteiger partial charge in [0.2, 0.25) is 0 Å². The highest BCUT2D eigenvalue weighted by molar-refractivity contribution is 4.99. The molecule has 106 valence electrons. The van der Waals surface area contributed by atoms with Crippen molar-refractivity contribution in [1.29, 1.82) is 0 Å². The molecule has 0 bridgehead atoms. The van der Waals surface area contributed by atoms with Crippen LogP contribution in [-0.4, -0.2) is 77.0 Å². The van der Waals surface area contributed by atoms with Crippen molar-refractivity contribution in [3.63, 3.8) is 0 Å². The van der Waals surface area contributed by atoms with E-state index in [4.69, 9.17) is 0 Å². The maximum absolute atomic E-state index is 4.41. The van der Waals surface area contributed by atoms with Crippen LogP contribution in [0.15, 0.2) is 6.20 Å². The number of rotatable bonds is 3. The van der Waals surface area contributed by atoms with E-state index in [1.807, 2.05) is 6.20 Å². The first kappa shape index (κ1) is 13.1. The summed E-state index contributed by atoms with van der Waals surface area (Å²) in [5.41, 5.74) is 1.16. The second kappa shape index (κ2) is 5.61. The van der Waals surface area contributed by atoms with Crippen LogP contribution in [0.2, 0.25) is 0 Å². The third kappa shape index (κ3) is 3.16. The number of hydrogen-bond donors (Lipinski definition) is 1. The van der Waals surface area contributed by atoms with Crippen LogP contribution >= 0.6 is 0 Å². The second-order valence-corrected chi connectivity index (χ2v) is 6.03. The fraction of sp³-hybridized carbons (Fsp3) is 0.786. The number of nitrogens with one attached hydrogen (secondary N) is 1. The molecule has 1 atom stereocenters. The molecule has 0 unspecified atom stereocenters. The zero-order valence-electron chi connectivity index (χ0n) is 12.1. The molecule has 1 aromatic heterocycles. The average Bonchev–Trinajstić information content (AvgIpc) is 3.00. The molecule has 0 saturated carbocycles. The van der Waals surface area contributed by atoms with E-state index in [0.717, 1.165) is 24.1 Å². The highest BCUT2D eigenvalue weighted by Gasteiger charge is 2.29. The summed E-state index contributed by atoms with van der Waals surface area (Å²) >= 11 is 0. The number of piperazine rings is 1. The first-order chi connectivity index (χ1) is 9.20. The summed E-state index contributed by atoms with van der Waals surface area (Å²) in [5, 5.41) is 0. The van der Waals surface area contributed by atoms with Crippen LogP contribution in [0.25, 0.3) is 0 Å². The second-order valence-electron chi connectivity index (χ2n) is 6.03. The Morgan fingerprint density at radius 2 is 2.05 bits per heavy atom. The Labute approximate surface area is 115 Å². The van der Waals surface area contributed by atoms with E-state index in [9.17, 15) is 0 Å². The monoisotopic (exact) mass is 263 g/mol. The van der Waals surface area contributed by atoms with Crippen LogP contribution in [0.5, 0.6) is 0 Å². The third-order valence-corrected chi connectivity index (χ3v) is 4.43. The number of aromatic nitrogens is 2. The molecule has 2 saturated heterocycles. The number of likely N-dealkylation sites (N-methyl/N-ethyl adjacent to an activating group) is 1. The van der Waals surface area contributed by atoms with Crippen molar-refractivity contribution in [3.8, 4) is 0 Å². The summed E-state index contributed by atoms with van der Waals surface area (Å²) in [6.45, 7) is 10.3. The van der Waals surface area contributed by atoms with E-state index in [-0.39, 0.29) is 0 Å². The number of aryl methyl sites for hydroxylation is 1. The molecule has 0 aromatic carbocycles. The Balaban J connectivity index is 1.50. The Morgan fingerprint density at radius 3 is 2.74 bits per heavy atom. The number of H-pyrrole nitrogens is 1. The van der Waals surface area contributed by atoms with Gasteiger partial charge in [-0.25, -0.2) is 4.98 Å². The normalized spacial score (nSPS) is 27.2. The first-order valence-electron chi connectivity index (χ1n) is 7.36. The summed E-state index contributed by atoms with van der Waals surface area (Å²) in [4.78, 5) is 15.4. The van der Waals surface area contributed by atoms with Gasteiger partial charge >= 0.3 is 0 Å². The fourth-order valence-corrected chi connectivity index (χ4v) is 3.20. The highest BCUT2D eigenvalue weighted by atomic mass is 15.3. The summed E-state index contributed by atoms with van der Waals surface area (Å²) in [7, 11) is 2.22. The number of imidazole rings is 1. The van der Waals surface area contributed by atoms with Crippen LogP contribution in [0, 0.1) is 6.92 Å². The molecule has 0 aliphatic carbocycles. The van der Waals surface area contributed by atoms with Gasteiger partial charge in [-0.1, -0.05) is 0 Å². The Morgan fingerprint density at radius 1 is 1.26 bits per heavy atom. The van der Waals surface area contributed by atoms with Gasteiger partial charge in [0.15, 0.2) is 0 Å². The van der Waals surface area contributed by atoms with E-state index >= 15 is 0 Å². The third-order valence-electron chi connectivity index (χ3n) is 4.43. The predicted molar refractivity (Wildman–Crippen MR) is 76.1 cm³/mol. The molecule has 3 rings (SSSR count). The lowest BCUT2D eigenvalue weighted by Crippen LogP contribution is -2.49. The van der Waals surface area contributed by atoms with Gasteiger partial charge < -0.3 is 9.88 Å². The Bertz CT molecular complexity index is 408. The first-order valence-corrected chi connectivity index (χ1v) is 7.36. The van der Waals surface area contributed by atoms with Crippen LogP contribution in [0.3, 0.4) is 0 Å². The molecule has 3 heterocycles. The van der Waals surface area contributed by atoms with Gasteiger partial charge in [0.05, 0.1) is 6.54 Å². The summed E-state index contributed by atoms with van der Waals surface area (Å²) < 4.78 is 0. The summed E-state index contributed by atoms with van der Waals surface area (Å²) in [6, 6.07) is 0.754.